The van der Waals surface area contributed by atoms with Crippen LogP contribution in [0.3, 0.4) is 0 Å². The number of hydrogen-bond donors (Lipinski definition) is 1. The lowest BCUT2D eigenvalue weighted by Crippen LogP contribution is -2.58. The first-order valence-electron chi connectivity index (χ1n) is 11.1. The summed E-state index contributed by atoms with van der Waals surface area (Å²) in [6.07, 6.45) is 6.29. The van der Waals surface area contributed by atoms with Gasteiger partial charge >= 0.3 is 6.03 Å². The molecule has 2 aliphatic rings. The van der Waals surface area contributed by atoms with Crippen LogP contribution in [0.1, 0.15) is 60.2 Å². The molecule has 32 heavy (non-hydrogen) atoms. The summed E-state index contributed by atoms with van der Waals surface area (Å²) in [6.45, 7) is 8.09. The molecule has 0 bridgehead atoms. The Balaban J connectivity index is 1.73. The van der Waals surface area contributed by atoms with Gasteiger partial charge in [0.25, 0.3) is 11.8 Å². The molecule has 7 heteroatoms. The summed E-state index contributed by atoms with van der Waals surface area (Å²) in [5, 5.41) is 2.37. The van der Waals surface area contributed by atoms with E-state index in [1.165, 1.54) is 4.90 Å². The number of amides is 4. The number of aromatic nitrogens is 1. The van der Waals surface area contributed by atoms with Gasteiger partial charge in [0.15, 0.2) is 0 Å². The summed E-state index contributed by atoms with van der Waals surface area (Å²) >= 11 is 3.62. The first kappa shape index (κ1) is 22.5. The molecule has 2 aromatic rings. The number of halogens is 1. The van der Waals surface area contributed by atoms with E-state index in [0.717, 1.165) is 70.3 Å². The Bertz CT molecular complexity index is 1130. The van der Waals surface area contributed by atoms with Crippen molar-refractivity contribution in [2.75, 3.05) is 0 Å². The van der Waals surface area contributed by atoms with Crippen molar-refractivity contribution in [3.05, 3.63) is 56.3 Å². The fourth-order valence-corrected chi connectivity index (χ4v) is 5.11. The minimum atomic E-state index is -0.632. The summed E-state index contributed by atoms with van der Waals surface area (Å²) in [4.78, 5) is 39.5. The molecule has 0 unspecified atom stereocenters. The second-order valence-electron chi connectivity index (χ2n) is 8.84. The quantitative estimate of drug-likeness (QED) is 0.463. The molecule has 1 aromatic heterocycles. The lowest BCUT2D eigenvalue weighted by molar-refractivity contribution is -0.132. The number of carbonyl (C=O) groups is 3. The van der Waals surface area contributed by atoms with Crippen molar-refractivity contribution in [2.24, 2.45) is 0 Å². The molecule has 6 nitrogen and oxygen atoms in total. The largest absolute Gasteiger partial charge is 0.331 e. The van der Waals surface area contributed by atoms with Gasteiger partial charge in [-0.1, -0.05) is 35.2 Å². The summed E-state index contributed by atoms with van der Waals surface area (Å²) in [5.74, 6) is -1.13. The zero-order valence-corrected chi connectivity index (χ0v) is 20.5. The van der Waals surface area contributed by atoms with Gasteiger partial charge in [0, 0.05) is 27.6 Å². The van der Waals surface area contributed by atoms with E-state index >= 15 is 0 Å². The van der Waals surface area contributed by atoms with E-state index in [1.54, 1.807) is 6.08 Å². The van der Waals surface area contributed by atoms with Crippen molar-refractivity contribution >= 4 is 39.9 Å². The summed E-state index contributed by atoms with van der Waals surface area (Å²) in [5.41, 5.74) is 6.03. The van der Waals surface area contributed by atoms with Crippen molar-refractivity contribution in [3.63, 3.8) is 0 Å². The SMILES string of the molecule is Cc1cc(-n2c(C)cc(/C=C3\C(=O)NC(=O)N(C4CCCCC4)C3=O)c2C)cc(C)c1Br. The lowest BCUT2D eigenvalue weighted by Gasteiger charge is -2.35. The van der Waals surface area contributed by atoms with Gasteiger partial charge in [-0.15, -0.1) is 0 Å². The van der Waals surface area contributed by atoms with Gasteiger partial charge in [0.2, 0.25) is 0 Å². The van der Waals surface area contributed by atoms with E-state index in [2.05, 4.69) is 51.8 Å². The first-order chi connectivity index (χ1) is 15.2. The van der Waals surface area contributed by atoms with Gasteiger partial charge in [-0.05, 0) is 81.5 Å². The van der Waals surface area contributed by atoms with Crippen LogP contribution in [0.15, 0.2) is 28.2 Å². The van der Waals surface area contributed by atoms with Crippen molar-refractivity contribution < 1.29 is 14.4 Å². The molecule has 4 rings (SSSR count). The van der Waals surface area contributed by atoms with Crippen LogP contribution in [-0.4, -0.2) is 33.4 Å². The maximum atomic E-state index is 13.2. The normalized spacial score (nSPS) is 19.1. The summed E-state index contributed by atoms with van der Waals surface area (Å²) < 4.78 is 3.21. The highest BCUT2D eigenvalue weighted by molar-refractivity contribution is 9.10. The Kier molecular flexibility index (Phi) is 6.12. The molecule has 1 aromatic carbocycles. The topological polar surface area (TPSA) is 71.4 Å². The highest BCUT2D eigenvalue weighted by atomic mass is 79.9. The number of aryl methyl sites for hydroxylation is 3. The van der Waals surface area contributed by atoms with E-state index in [9.17, 15) is 14.4 Å². The molecule has 0 spiro atoms. The molecule has 4 amide bonds. The molecule has 1 saturated heterocycles. The van der Waals surface area contributed by atoms with E-state index in [-0.39, 0.29) is 11.6 Å². The second kappa shape index (κ2) is 8.70. The minimum Gasteiger partial charge on any atom is -0.318 e. The fraction of sp³-hybridized carbons (Fsp3) is 0.400. The number of hydrogen-bond acceptors (Lipinski definition) is 3. The van der Waals surface area contributed by atoms with Gasteiger partial charge in [-0.25, -0.2) is 4.79 Å². The van der Waals surface area contributed by atoms with Crippen molar-refractivity contribution in [2.45, 2.75) is 65.8 Å². The van der Waals surface area contributed by atoms with E-state index in [4.69, 9.17) is 0 Å². The third-order valence-electron chi connectivity index (χ3n) is 6.52. The van der Waals surface area contributed by atoms with Crippen molar-refractivity contribution in [3.8, 4) is 5.69 Å². The highest BCUT2D eigenvalue weighted by Crippen LogP contribution is 2.30. The number of nitrogens with zero attached hydrogens (tertiary/aromatic N) is 2. The average Bonchev–Trinajstić information content (AvgIpc) is 3.02. The van der Waals surface area contributed by atoms with Gasteiger partial charge in [-0.2, -0.15) is 0 Å². The zero-order valence-electron chi connectivity index (χ0n) is 18.9. The van der Waals surface area contributed by atoms with Gasteiger partial charge in [0.1, 0.15) is 5.57 Å². The van der Waals surface area contributed by atoms with Crippen LogP contribution in [-0.2, 0) is 9.59 Å². The fourth-order valence-electron chi connectivity index (χ4n) is 4.88. The first-order valence-corrected chi connectivity index (χ1v) is 11.8. The van der Waals surface area contributed by atoms with E-state index < -0.39 is 17.8 Å². The molecule has 1 aliphatic heterocycles. The van der Waals surface area contributed by atoms with Gasteiger partial charge in [-0.3, -0.25) is 19.8 Å². The molecule has 168 valence electrons. The number of nitrogens with one attached hydrogen (secondary N) is 1. The van der Waals surface area contributed by atoms with Crippen molar-refractivity contribution in [1.29, 1.82) is 0 Å². The third-order valence-corrected chi connectivity index (χ3v) is 7.77. The van der Waals surface area contributed by atoms with Crippen LogP contribution >= 0.6 is 15.9 Å². The number of urea groups is 1. The predicted molar refractivity (Wildman–Crippen MR) is 128 cm³/mol. The molecule has 0 atom stereocenters. The third kappa shape index (κ3) is 3.94. The van der Waals surface area contributed by atoms with E-state index in [0.29, 0.717) is 0 Å². The van der Waals surface area contributed by atoms with Gasteiger partial charge in [0.05, 0.1) is 0 Å². The standard InChI is InChI=1S/C25H28BrN3O3/c1-14-10-20(11-15(2)22(14)26)28-16(3)12-18(17(28)4)13-21-23(30)27-25(32)29(24(21)31)19-8-6-5-7-9-19/h10-13,19H,5-9H2,1-4H3,(H,27,30,32)/b21-13+. The Morgan fingerprint density at radius 3 is 2.22 bits per heavy atom. The molecule has 1 saturated carbocycles. The Morgan fingerprint density at radius 1 is 0.969 bits per heavy atom. The van der Waals surface area contributed by atoms with Crippen LogP contribution in [0.2, 0.25) is 0 Å². The summed E-state index contributed by atoms with van der Waals surface area (Å²) in [7, 11) is 0. The van der Waals surface area contributed by atoms with Crippen LogP contribution in [0.5, 0.6) is 0 Å². The highest BCUT2D eigenvalue weighted by Gasteiger charge is 2.40. The maximum absolute atomic E-state index is 13.2. The minimum absolute atomic E-state index is 0.0126. The number of benzene rings is 1. The second-order valence-corrected chi connectivity index (χ2v) is 9.63. The molecule has 1 N–H and O–H groups in total. The molecule has 2 fully saturated rings. The average molecular weight is 498 g/mol. The van der Waals surface area contributed by atoms with Crippen LogP contribution in [0.25, 0.3) is 11.8 Å². The summed E-state index contributed by atoms with van der Waals surface area (Å²) in [6, 6.07) is 5.44. The van der Waals surface area contributed by atoms with Crippen LogP contribution in [0.4, 0.5) is 4.79 Å². The Hall–Kier alpha value is -2.67. The number of rotatable bonds is 3. The molecule has 1 aliphatic carbocycles. The Morgan fingerprint density at radius 2 is 1.59 bits per heavy atom. The lowest BCUT2D eigenvalue weighted by atomic mass is 9.93. The Labute approximate surface area is 196 Å². The van der Waals surface area contributed by atoms with Crippen LogP contribution in [0, 0.1) is 27.7 Å². The molecule has 0 radical (unpaired) electrons. The predicted octanol–water partition coefficient (Wildman–Crippen LogP) is 5.27. The monoisotopic (exact) mass is 497 g/mol. The zero-order chi connectivity index (χ0) is 23.2. The smallest absolute Gasteiger partial charge is 0.318 e. The van der Waals surface area contributed by atoms with Crippen LogP contribution < -0.4 is 5.32 Å². The number of barbiturate groups is 1. The van der Waals surface area contributed by atoms with E-state index in [1.807, 2.05) is 19.9 Å². The number of carbonyl (C=O) groups excluding carboxylic acids is 3. The molecular formula is C25H28BrN3O3. The van der Waals surface area contributed by atoms with Gasteiger partial charge < -0.3 is 4.57 Å². The molecular weight excluding hydrogens is 470 g/mol. The maximum Gasteiger partial charge on any atom is 0.331 e. The molecule has 2 heterocycles. The number of imide groups is 2. The van der Waals surface area contributed by atoms with Crippen molar-refractivity contribution in [1.82, 2.24) is 14.8 Å².